The molecule has 1 N–H and O–H groups in total. The van der Waals surface area contributed by atoms with Crippen molar-refractivity contribution in [3.63, 3.8) is 0 Å². The number of ketones is 1. The Hall–Kier alpha value is -1.01. The summed E-state index contributed by atoms with van der Waals surface area (Å²) in [4.78, 5) is 13.6. The van der Waals surface area contributed by atoms with Crippen molar-refractivity contribution in [3.8, 4) is 0 Å². The Kier molecular flexibility index (Phi) is 11.0. The van der Waals surface area contributed by atoms with Gasteiger partial charge in [0.2, 0.25) is 5.78 Å². The topological polar surface area (TPSA) is 37.3 Å². The van der Waals surface area contributed by atoms with E-state index in [-0.39, 0.29) is 32.6 Å². The van der Waals surface area contributed by atoms with E-state index in [4.69, 9.17) is 0 Å². The summed E-state index contributed by atoms with van der Waals surface area (Å²) in [5.74, 6) is -0.196. The van der Waals surface area contributed by atoms with Gasteiger partial charge in [0.1, 0.15) is 0 Å². The maximum Gasteiger partial charge on any atom is 0.262 e. The van der Waals surface area contributed by atoms with Gasteiger partial charge < -0.3 is 11.5 Å². The Bertz CT molecular complexity index is 719. The van der Waals surface area contributed by atoms with E-state index in [0.29, 0.717) is 11.1 Å². The zero-order valence-corrected chi connectivity index (χ0v) is 21.0. The van der Waals surface area contributed by atoms with Crippen LogP contribution in [0.15, 0.2) is 60.7 Å². The number of rotatable bonds is 4. The monoisotopic (exact) mass is 458 g/mol. The molecule has 2 aromatic rings. The van der Waals surface area contributed by atoms with Gasteiger partial charge in [0.15, 0.2) is 0 Å². The molecule has 0 amide bonds. The van der Waals surface area contributed by atoms with Crippen LogP contribution in [0.2, 0.25) is 0 Å². The molecule has 2 rings (SSSR count). The van der Waals surface area contributed by atoms with Crippen LogP contribution < -0.4 is 0 Å². The van der Waals surface area contributed by atoms with E-state index in [1.54, 1.807) is 12.1 Å². The molecule has 0 aromatic heterocycles. The molecular weight excluding hydrogens is 422 g/mol. The molecule has 0 saturated carbocycles. The van der Waals surface area contributed by atoms with Crippen LogP contribution >= 0.6 is 7.92 Å². The molecule has 2 nitrogen and oxygen atoms in total. The molecule has 0 heterocycles. The number of benzene rings is 2. The van der Waals surface area contributed by atoms with Crippen molar-refractivity contribution in [1.82, 2.24) is 0 Å². The number of hydrogen-bond acceptors (Lipinski definition) is 2. The summed E-state index contributed by atoms with van der Waals surface area (Å²) < 4.78 is 0. The molecule has 1 unspecified atom stereocenters. The minimum Gasteiger partial charge on any atom is -0.347 e. The standard InChI is InChI=1S/C22H29O2P.C3H7.Ni/c1-20(2,3)25(21(4,5)6)22(24,18-15-11-8-12-16-18)19(23)17-13-9-7-10-14-17;1-3-2;/h7-16,24H,1-6H3;3H,1-2H3;/q;-1;/p+1. The maximum absolute atomic E-state index is 13.6. The molecular formula is C25H37NiO2P. The maximum atomic E-state index is 13.6. The predicted molar refractivity (Wildman–Crippen MR) is 125 cm³/mol. The van der Waals surface area contributed by atoms with E-state index < -0.39 is 13.3 Å². The molecule has 0 spiro atoms. The van der Waals surface area contributed by atoms with Crippen LogP contribution in [0, 0.1) is 6.42 Å². The fourth-order valence-corrected chi connectivity index (χ4v) is 9.32. The van der Waals surface area contributed by atoms with Gasteiger partial charge in [-0.25, -0.2) is 0 Å². The Labute approximate surface area is 189 Å². The van der Waals surface area contributed by atoms with Crippen LogP contribution in [0.1, 0.15) is 71.3 Å². The van der Waals surface area contributed by atoms with Gasteiger partial charge in [-0.1, -0.05) is 60.7 Å². The van der Waals surface area contributed by atoms with Crippen molar-refractivity contribution in [2.45, 2.75) is 71.0 Å². The van der Waals surface area contributed by atoms with E-state index in [9.17, 15) is 9.90 Å². The molecule has 164 valence electrons. The first-order valence-corrected chi connectivity index (χ1v) is 11.4. The number of hydrogen-bond donors (Lipinski definition) is 1. The van der Waals surface area contributed by atoms with Crippen LogP contribution in [0.25, 0.3) is 0 Å². The van der Waals surface area contributed by atoms with E-state index in [0.717, 1.165) is 0 Å². The van der Waals surface area contributed by atoms with Crippen molar-refractivity contribution in [2.24, 2.45) is 0 Å². The summed E-state index contributed by atoms with van der Waals surface area (Å²) in [5.41, 5.74) is 1.26. The second-order valence-electron chi connectivity index (χ2n) is 9.22. The molecule has 0 bridgehead atoms. The smallest absolute Gasteiger partial charge is 0.262 e. The summed E-state index contributed by atoms with van der Waals surface area (Å²) in [6.07, 6.45) is 2.00. The van der Waals surface area contributed by atoms with E-state index in [1.165, 1.54) is 0 Å². The largest absolute Gasteiger partial charge is 0.347 e. The summed E-state index contributed by atoms with van der Waals surface area (Å²) in [5, 5.41) is 10.2. The van der Waals surface area contributed by atoms with Gasteiger partial charge in [-0.05, 0) is 41.5 Å². The molecule has 4 heteroatoms. The molecule has 0 fully saturated rings. The van der Waals surface area contributed by atoms with Crippen LogP contribution in [-0.2, 0) is 21.8 Å². The van der Waals surface area contributed by atoms with Gasteiger partial charge in [0.25, 0.3) is 5.34 Å². The summed E-state index contributed by atoms with van der Waals surface area (Å²) in [7, 11) is -1.61. The number of aliphatic hydroxyl groups is 1. The molecule has 2 aromatic carbocycles. The van der Waals surface area contributed by atoms with Crippen molar-refractivity contribution in [1.29, 1.82) is 0 Å². The third kappa shape index (κ3) is 7.02. The second kappa shape index (κ2) is 11.4. The Balaban J connectivity index is 0.00000184. The molecule has 1 atom stereocenters. The number of carbonyl (C=O) groups excluding carboxylic acids is 1. The molecule has 0 saturated heterocycles. The van der Waals surface area contributed by atoms with Gasteiger partial charge >= 0.3 is 0 Å². The van der Waals surface area contributed by atoms with Gasteiger partial charge in [-0.3, -0.25) is 4.79 Å². The van der Waals surface area contributed by atoms with Gasteiger partial charge in [-0.2, -0.15) is 13.8 Å². The Morgan fingerprint density at radius 2 is 1.14 bits per heavy atom. The van der Waals surface area contributed by atoms with E-state index in [2.05, 4.69) is 41.5 Å². The van der Waals surface area contributed by atoms with Crippen LogP contribution in [0.5, 0.6) is 0 Å². The van der Waals surface area contributed by atoms with Gasteiger partial charge in [-0.15, -0.1) is 0 Å². The molecule has 0 radical (unpaired) electrons. The molecule has 0 aliphatic rings. The summed E-state index contributed by atoms with van der Waals surface area (Å²) in [6, 6.07) is 18.6. The van der Waals surface area contributed by atoms with Gasteiger partial charge in [0.05, 0.1) is 18.2 Å². The first-order valence-electron chi connectivity index (χ1n) is 9.90. The first kappa shape index (κ1) is 28.0. The van der Waals surface area contributed by atoms with Gasteiger partial charge in [0, 0.05) is 27.6 Å². The van der Waals surface area contributed by atoms with Crippen LogP contribution in [-0.4, -0.2) is 21.2 Å². The van der Waals surface area contributed by atoms with Crippen molar-refractivity contribution in [3.05, 3.63) is 78.2 Å². The van der Waals surface area contributed by atoms with E-state index in [1.807, 2.05) is 68.8 Å². The Morgan fingerprint density at radius 3 is 1.48 bits per heavy atom. The third-order valence-electron chi connectivity index (χ3n) is 4.42. The van der Waals surface area contributed by atoms with Crippen LogP contribution in [0.4, 0.5) is 0 Å². The normalized spacial score (nSPS) is 13.6. The molecule has 29 heavy (non-hydrogen) atoms. The predicted octanol–water partition coefficient (Wildman–Crippen LogP) is 6.75. The fourth-order valence-electron chi connectivity index (χ4n) is 4.08. The average molecular weight is 459 g/mol. The van der Waals surface area contributed by atoms with Crippen molar-refractivity contribution >= 4 is 13.7 Å². The second-order valence-corrected chi connectivity index (χ2v) is 13.7. The van der Waals surface area contributed by atoms with Crippen molar-refractivity contribution in [2.75, 3.05) is 0 Å². The average Bonchev–Trinajstić information content (AvgIpc) is 2.60. The number of carbonyl (C=O) groups is 1. The molecule has 0 aliphatic carbocycles. The quantitative estimate of drug-likeness (QED) is 0.238. The molecule has 0 aliphatic heterocycles. The third-order valence-corrected chi connectivity index (χ3v) is 8.66. The zero-order chi connectivity index (χ0) is 21.6. The fraction of sp³-hybridized carbons (Fsp3) is 0.440. The SMILES string of the molecule is CC(C)(C)[PH+](C(C)(C)C)C(O)(C(=O)c1ccccc1)c1ccccc1.C[CH-]C.[Ni]. The van der Waals surface area contributed by atoms with Crippen molar-refractivity contribution < 1.29 is 26.4 Å². The Morgan fingerprint density at radius 1 is 0.793 bits per heavy atom. The number of Topliss-reactive ketones (excluding diaryl/α,β-unsaturated/α-hetero) is 1. The summed E-state index contributed by atoms with van der Waals surface area (Å²) >= 11 is 0. The zero-order valence-electron chi connectivity index (χ0n) is 19.0. The minimum atomic E-state index is -1.61. The minimum absolute atomic E-state index is 0. The first-order chi connectivity index (χ1) is 12.9. The summed E-state index contributed by atoms with van der Waals surface area (Å²) in [6.45, 7) is 16.8. The van der Waals surface area contributed by atoms with E-state index >= 15 is 0 Å². The van der Waals surface area contributed by atoms with Crippen LogP contribution in [0.3, 0.4) is 0 Å².